The van der Waals surface area contributed by atoms with Gasteiger partial charge in [0.15, 0.2) is 5.15 Å². The molecule has 1 heterocycles. The Kier molecular flexibility index (Phi) is 3.75. The van der Waals surface area contributed by atoms with E-state index in [-0.39, 0.29) is 16.8 Å². The van der Waals surface area contributed by atoms with Crippen molar-refractivity contribution in [1.82, 2.24) is 9.97 Å². The van der Waals surface area contributed by atoms with E-state index < -0.39 is 0 Å². The maximum absolute atomic E-state index is 9.03. The second-order valence-electron chi connectivity index (χ2n) is 3.78. The summed E-state index contributed by atoms with van der Waals surface area (Å²) in [6.07, 6.45) is 1.34. The van der Waals surface area contributed by atoms with Gasteiger partial charge in [-0.2, -0.15) is 5.26 Å². The standard InChI is InChI=1S/C13H11ClN4/c1-9(10-5-3-2-4-6-10)18-13-11(7-15)12(14)16-8-17-13/h2-6,8-9H,1H3,(H,16,17,18)/t9-/m1/s1. The van der Waals surface area contributed by atoms with Crippen molar-refractivity contribution in [3.8, 4) is 6.07 Å². The molecule has 1 N–H and O–H groups in total. The number of anilines is 1. The minimum absolute atomic E-state index is 0.0317. The Hall–Kier alpha value is -2.12. The minimum Gasteiger partial charge on any atom is -0.362 e. The highest BCUT2D eigenvalue weighted by Crippen LogP contribution is 2.23. The highest BCUT2D eigenvalue weighted by molar-refractivity contribution is 6.30. The Balaban J connectivity index is 2.25. The Morgan fingerprint density at radius 3 is 2.67 bits per heavy atom. The lowest BCUT2D eigenvalue weighted by molar-refractivity contribution is 0.870. The molecular weight excluding hydrogens is 248 g/mol. The van der Waals surface area contributed by atoms with Crippen molar-refractivity contribution in [2.24, 2.45) is 0 Å². The lowest BCUT2D eigenvalue weighted by atomic mass is 10.1. The van der Waals surface area contributed by atoms with Crippen molar-refractivity contribution >= 4 is 17.4 Å². The molecule has 0 unspecified atom stereocenters. The Bertz CT molecular complexity index is 577. The molecule has 4 nitrogen and oxygen atoms in total. The fourth-order valence-electron chi connectivity index (χ4n) is 1.60. The van der Waals surface area contributed by atoms with Gasteiger partial charge in [-0.1, -0.05) is 41.9 Å². The van der Waals surface area contributed by atoms with Gasteiger partial charge in [-0.15, -0.1) is 0 Å². The van der Waals surface area contributed by atoms with Crippen LogP contribution in [0.1, 0.15) is 24.1 Å². The average molecular weight is 259 g/mol. The molecule has 0 spiro atoms. The Morgan fingerprint density at radius 1 is 1.28 bits per heavy atom. The molecule has 0 bridgehead atoms. The second-order valence-corrected chi connectivity index (χ2v) is 4.13. The zero-order valence-electron chi connectivity index (χ0n) is 9.76. The summed E-state index contributed by atoms with van der Waals surface area (Å²) in [5.74, 6) is 0.453. The lowest BCUT2D eigenvalue weighted by Gasteiger charge is -2.15. The van der Waals surface area contributed by atoms with Crippen molar-refractivity contribution in [1.29, 1.82) is 5.26 Å². The van der Waals surface area contributed by atoms with Crippen LogP contribution in [0.5, 0.6) is 0 Å². The van der Waals surface area contributed by atoms with Crippen molar-refractivity contribution in [2.75, 3.05) is 5.32 Å². The lowest BCUT2D eigenvalue weighted by Crippen LogP contribution is -2.09. The summed E-state index contributed by atoms with van der Waals surface area (Å²) in [5.41, 5.74) is 1.37. The molecule has 1 aromatic heterocycles. The van der Waals surface area contributed by atoms with E-state index in [0.29, 0.717) is 5.82 Å². The molecule has 0 saturated heterocycles. The van der Waals surface area contributed by atoms with Crippen LogP contribution in [-0.4, -0.2) is 9.97 Å². The normalized spacial score (nSPS) is 11.6. The zero-order chi connectivity index (χ0) is 13.0. The van der Waals surface area contributed by atoms with Gasteiger partial charge in [0.05, 0.1) is 0 Å². The number of rotatable bonds is 3. The van der Waals surface area contributed by atoms with Crippen molar-refractivity contribution < 1.29 is 0 Å². The number of hydrogen-bond donors (Lipinski definition) is 1. The molecule has 90 valence electrons. The minimum atomic E-state index is 0.0317. The number of halogens is 1. The van der Waals surface area contributed by atoms with Crippen LogP contribution >= 0.6 is 11.6 Å². The summed E-state index contributed by atoms with van der Waals surface area (Å²) in [6, 6.07) is 11.9. The highest BCUT2D eigenvalue weighted by Gasteiger charge is 2.12. The highest BCUT2D eigenvalue weighted by atomic mass is 35.5. The van der Waals surface area contributed by atoms with E-state index in [2.05, 4.69) is 15.3 Å². The molecule has 0 aliphatic carbocycles. The maximum Gasteiger partial charge on any atom is 0.152 e. The van der Waals surface area contributed by atoms with Gasteiger partial charge in [0.1, 0.15) is 23.8 Å². The Morgan fingerprint density at radius 2 is 2.00 bits per heavy atom. The predicted octanol–water partition coefficient (Wildman–Crippen LogP) is 3.17. The van der Waals surface area contributed by atoms with E-state index in [0.717, 1.165) is 5.56 Å². The van der Waals surface area contributed by atoms with Crippen LogP contribution in [0.3, 0.4) is 0 Å². The summed E-state index contributed by atoms with van der Waals surface area (Å²) in [6.45, 7) is 1.99. The van der Waals surface area contributed by atoms with Crippen molar-refractivity contribution in [3.63, 3.8) is 0 Å². The third-order valence-corrected chi connectivity index (χ3v) is 2.85. The van der Waals surface area contributed by atoms with Gasteiger partial charge < -0.3 is 5.32 Å². The first-order valence-corrected chi connectivity index (χ1v) is 5.82. The fourth-order valence-corrected chi connectivity index (χ4v) is 1.78. The SMILES string of the molecule is C[C@@H](Nc1ncnc(Cl)c1C#N)c1ccccc1. The summed E-state index contributed by atoms with van der Waals surface area (Å²) < 4.78 is 0. The topological polar surface area (TPSA) is 61.6 Å². The molecule has 1 aromatic carbocycles. The molecule has 18 heavy (non-hydrogen) atoms. The van der Waals surface area contributed by atoms with E-state index in [1.54, 1.807) is 0 Å². The number of benzene rings is 1. The average Bonchev–Trinajstić information content (AvgIpc) is 2.40. The van der Waals surface area contributed by atoms with Crippen LogP contribution in [0.2, 0.25) is 5.15 Å². The maximum atomic E-state index is 9.03. The van der Waals surface area contributed by atoms with Gasteiger partial charge in [0.2, 0.25) is 0 Å². The second kappa shape index (κ2) is 5.48. The van der Waals surface area contributed by atoms with Gasteiger partial charge >= 0.3 is 0 Å². The van der Waals surface area contributed by atoms with Crippen LogP contribution in [0.15, 0.2) is 36.7 Å². The molecule has 0 aliphatic rings. The van der Waals surface area contributed by atoms with Crippen LogP contribution in [0.4, 0.5) is 5.82 Å². The smallest absolute Gasteiger partial charge is 0.152 e. The van der Waals surface area contributed by atoms with Crippen molar-refractivity contribution in [3.05, 3.63) is 52.9 Å². The molecular formula is C13H11ClN4. The van der Waals surface area contributed by atoms with Crippen LogP contribution in [-0.2, 0) is 0 Å². The first kappa shape index (κ1) is 12.3. The molecule has 1 atom stereocenters. The fraction of sp³-hybridized carbons (Fsp3) is 0.154. The van der Waals surface area contributed by atoms with E-state index in [9.17, 15) is 0 Å². The number of nitriles is 1. The monoisotopic (exact) mass is 258 g/mol. The first-order chi connectivity index (χ1) is 8.72. The molecule has 5 heteroatoms. The van der Waals surface area contributed by atoms with E-state index in [4.69, 9.17) is 16.9 Å². The number of nitrogens with zero attached hydrogens (tertiary/aromatic N) is 3. The molecule has 2 aromatic rings. The Labute approximate surface area is 110 Å². The van der Waals surface area contributed by atoms with Crippen LogP contribution < -0.4 is 5.32 Å². The molecule has 0 radical (unpaired) electrons. The first-order valence-electron chi connectivity index (χ1n) is 5.44. The van der Waals surface area contributed by atoms with Gasteiger partial charge in [0.25, 0.3) is 0 Å². The van der Waals surface area contributed by atoms with Gasteiger partial charge in [-0.05, 0) is 12.5 Å². The summed E-state index contributed by atoms with van der Waals surface area (Å²) >= 11 is 5.85. The third-order valence-electron chi connectivity index (χ3n) is 2.57. The predicted molar refractivity (Wildman–Crippen MR) is 70.2 cm³/mol. The summed E-state index contributed by atoms with van der Waals surface area (Å²) in [7, 11) is 0. The quantitative estimate of drug-likeness (QED) is 0.859. The molecule has 2 rings (SSSR count). The van der Waals surface area contributed by atoms with E-state index in [1.165, 1.54) is 6.33 Å². The zero-order valence-corrected chi connectivity index (χ0v) is 10.5. The molecule has 0 fully saturated rings. The third kappa shape index (κ3) is 2.58. The van der Waals surface area contributed by atoms with Gasteiger partial charge in [0, 0.05) is 6.04 Å². The van der Waals surface area contributed by atoms with E-state index >= 15 is 0 Å². The van der Waals surface area contributed by atoms with Crippen molar-refractivity contribution in [2.45, 2.75) is 13.0 Å². The largest absolute Gasteiger partial charge is 0.362 e. The summed E-state index contributed by atoms with van der Waals surface area (Å²) in [4.78, 5) is 7.83. The number of hydrogen-bond acceptors (Lipinski definition) is 4. The van der Waals surface area contributed by atoms with Gasteiger partial charge in [-0.3, -0.25) is 0 Å². The van der Waals surface area contributed by atoms with Crippen LogP contribution in [0, 0.1) is 11.3 Å². The number of nitrogens with one attached hydrogen (secondary N) is 1. The van der Waals surface area contributed by atoms with Crippen LogP contribution in [0.25, 0.3) is 0 Å². The van der Waals surface area contributed by atoms with E-state index in [1.807, 2.05) is 43.3 Å². The number of aromatic nitrogens is 2. The molecule has 0 amide bonds. The molecule has 0 saturated carbocycles. The molecule has 0 aliphatic heterocycles. The van der Waals surface area contributed by atoms with Gasteiger partial charge in [-0.25, -0.2) is 9.97 Å². The summed E-state index contributed by atoms with van der Waals surface area (Å²) in [5, 5.41) is 12.4.